The van der Waals surface area contributed by atoms with Crippen LogP contribution in [-0.2, 0) is 25.7 Å². The number of rotatable bonds is 7. The van der Waals surface area contributed by atoms with Crippen LogP contribution in [-0.4, -0.2) is 46.4 Å². The van der Waals surface area contributed by atoms with Crippen molar-refractivity contribution in [1.29, 1.82) is 0 Å². The number of amides is 3. The van der Waals surface area contributed by atoms with Crippen molar-refractivity contribution >= 4 is 23.4 Å². The minimum Gasteiger partial charge on any atom is -0.359 e. The lowest BCUT2D eigenvalue weighted by Crippen LogP contribution is -2.57. The molecule has 2 aromatic rings. The molecule has 7 heteroatoms. The molecule has 0 unspecified atom stereocenters. The zero-order valence-corrected chi connectivity index (χ0v) is 23.5. The second kappa shape index (κ2) is 10.5. The second-order valence-corrected chi connectivity index (χ2v) is 12.3. The minimum atomic E-state index is -1.16. The van der Waals surface area contributed by atoms with Gasteiger partial charge in [-0.15, -0.1) is 0 Å². The lowest BCUT2D eigenvalue weighted by molar-refractivity contribution is -0.142. The van der Waals surface area contributed by atoms with Crippen LogP contribution in [0, 0.1) is 17.8 Å². The zero-order valence-electron chi connectivity index (χ0n) is 23.5. The fourth-order valence-electron chi connectivity index (χ4n) is 7.19. The number of benzene rings is 2. The van der Waals surface area contributed by atoms with E-state index in [4.69, 9.17) is 4.74 Å². The van der Waals surface area contributed by atoms with Gasteiger partial charge in [-0.1, -0.05) is 88.2 Å². The Kier molecular flexibility index (Phi) is 7.03. The standard InChI is InChI=1S/C33H39N3O4/c1-20(2)23-13-15-24(16-14-23)34-30(37)27-26-17-18-33(40-26)28(27)32(39)36(19-22-10-5-4-6-11-22)29(33)31(38)35-25-12-8-7-9-21(25)3/h4-6,10-11,13-18,20-21,25-29H,7-9,12,19H2,1-3H3,(H,34,37)(H,35,38)/t21-,25-,26-,27+,28-,29-,33-/m0/s1. The van der Waals surface area contributed by atoms with Crippen molar-refractivity contribution in [1.82, 2.24) is 10.2 Å². The summed E-state index contributed by atoms with van der Waals surface area (Å²) < 4.78 is 6.50. The molecule has 7 atom stereocenters. The zero-order chi connectivity index (χ0) is 28.0. The summed E-state index contributed by atoms with van der Waals surface area (Å²) in [5.41, 5.74) is 1.64. The Hall–Kier alpha value is -3.45. The first-order valence-corrected chi connectivity index (χ1v) is 14.7. The molecule has 7 nitrogen and oxygen atoms in total. The van der Waals surface area contributed by atoms with Gasteiger partial charge in [-0.05, 0) is 47.9 Å². The van der Waals surface area contributed by atoms with Crippen molar-refractivity contribution in [3.63, 3.8) is 0 Å². The Balaban J connectivity index is 1.30. The van der Waals surface area contributed by atoms with Crippen molar-refractivity contribution < 1.29 is 19.1 Å². The molecular weight excluding hydrogens is 502 g/mol. The predicted molar refractivity (Wildman–Crippen MR) is 153 cm³/mol. The lowest BCUT2D eigenvalue weighted by atomic mass is 9.74. The van der Waals surface area contributed by atoms with Crippen LogP contribution >= 0.6 is 0 Å². The Bertz CT molecular complexity index is 1310. The smallest absolute Gasteiger partial charge is 0.246 e. The van der Waals surface area contributed by atoms with Crippen molar-refractivity contribution in [3.05, 3.63) is 77.9 Å². The molecule has 2 aromatic carbocycles. The number of nitrogens with zero attached hydrogens (tertiary/aromatic N) is 1. The van der Waals surface area contributed by atoms with E-state index in [1.54, 1.807) is 4.90 Å². The van der Waals surface area contributed by atoms with Gasteiger partial charge in [0.15, 0.2) is 0 Å². The molecule has 3 aliphatic heterocycles. The van der Waals surface area contributed by atoms with E-state index in [1.165, 1.54) is 12.0 Å². The molecule has 3 fully saturated rings. The van der Waals surface area contributed by atoms with E-state index < -0.39 is 29.6 Å². The molecule has 0 aromatic heterocycles. The maximum atomic E-state index is 14.2. The Morgan fingerprint density at radius 1 is 1.02 bits per heavy atom. The van der Waals surface area contributed by atoms with Crippen LogP contribution in [0.3, 0.4) is 0 Å². The number of carbonyl (C=O) groups excluding carboxylic acids is 3. The summed E-state index contributed by atoms with van der Waals surface area (Å²) >= 11 is 0. The first-order chi connectivity index (χ1) is 19.3. The summed E-state index contributed by atoms with van der Waals surface area (Å²) in [4.78, 5) is 43.6. The highest BCUT2D eigenvalue weighted by molar-refractivity contribution is 6.02. The fourth-order valence-corrected chi connectivity index (χ4v) is 7.19. The number of fused-ring (bicyclic) bond motifs is 1. The van der Waals surface area contributed by atoms with Crippen molar-refractivity contribution in [3.8, 4) is 0 Å². The van der Waals surface area contributed by atoms with E-state index in [-0.39, 0.29) is 30.3 Å². The van der Waals surface area contributed by atoms with Gasteiger partial charge in [0.25, 0.3) is 0 Å². The van der Waals surface area contributed by atoms with Crippen LogP contribution in [0.5, 0.6) is 0 Å². The normalized spacial score (nSPS) is 32.4. The van der Waals surface area contributed by atoms with E-state index in [0.29, 0.717) is 17.5 Å². The molecule has 3 amide bonds. The van der Waals surface area contributed by atoms with Crippen LogP contribution < -0.4 is 10.6 Å². The number of hydrogen-bond donors (Lipinski definition) is 2. The summed E-state index contributed by atoms with van der Waals surface area (Å²) in [5, 5.41) is 6.31. The van der Waals surface area contributed by atoms with Gasteiger partial charge in [0.05, 0.1) is 17.9 Å². The van der Waals surface area contributed by atoms with Gasteiger partial charge < -0.3 is 20.3 Å². The highest BCUT2D eigenvalue weighted by atomic mass is 16.5. The Labute approximate surface area is 236 Å². The van der Waals surface area contributed by atoms with Crippen LogP contribution in [0.2, 0.25) is 0 Å². The largest absolute Gasteiger partial charge is 0.359 e. The molecule has 210 valence electrons. The SMILES string of the molecule is CC(C)c1ccc(NC(=O)[C@@H]2[C@@H]3C=C[C@]4(O3)[C@@H]2C(=O)N(Cc2ccccc2)[C@H]4C(=O)N[C@H]2CCCC[C@@H]2C)cc1. The summed E-state index contributed by atoms with van der Waals surface area (Å²) in [7, 11) is 0. The van der Waals surface area contributed by atoms with Gasteiger partial charge in [0, 0.05) is 18.3 Å². The van der Waals surface area contributed by atoms with Crippen molar-refractivity contribution in [2.24, 2.45) is 17.8 Å². The molecule has 0 radical (unpaired) electrons. The fraction of sp³-hybridized carbons (Fsp3) is 0.485. The first kappa shape index (κ1) is 26.8. The van der Waals surface area contributed by atoms with Crippen LogP contribution in [0.15, 0.2) is 66.7 Å². The molecule has 1 spiro atoms. The number of anilines is 1. The number of ether oxygens (including phenoxy) is 1. The van der Waals surface area contributed by atoms with Gasteiger partial charge in [-0.3, -0.25) is 14.4 Å². The third kappa shape index (κ3) is 4.54. The molecule has 3 heterocycles. The van der Waals surface area contributed by atoms with Gasteiger partial charge in [-0.2, -0.15) is 0 Å². The maximum absolute atomic E-state index is 14.2. The van der Waals surface area contributed by atoms with E-state index in [1.807, 2.05) is 66.7 Å². The molecule has 1 aliphatic carbocycles. The summed E-state index contributed by atoms with van der Waals surface area (Å²) in [6.07, 6.45) is 7.46. The van der Waals surface area contributed by atoms with Gasteiger partial charge >= 0.3 is 0 Å². The van der Waals surface area contributed by atoms with E-state index in [0.717, 1.165) is 24.8 Å². The number of likely N-dealkylation sites (tertiary alicyclic amines) is 1. The lowest BCUT2D eigenvalue weighted by Gasteiger charge is -2.36. The molecular formula is C33H39N3O4. The van der Waals surface area contributed by atoms with Crippen LogP contribution in [0.1, 0.15) is 63.5 Å². The van der Waals surface area contributed by atoms with Crippen LogP contribution in [0.25, 0.3) is 0 Å². The van der Waals surface area contributed by atoms with E-state index in [9.17, 15) is 14.4 Å². The number of hydrogen-bond acceptors (Lipinski definition) is 4. The van der Waals surface area contributed by atoms with Crippen LogP contribution in [0.4, 0.5) is 5.69 Å². The van der Waals surface area contributed by atoms with E-state index >= 15 is 0 Å². The highest BCUT2D eigenvalue weighted by Gasteiger charge is 2.72. The van der Waals surface area contributed by atoms with Gasteiger partial charge in [0.2, 0.25) is 17.7 Å². The average Bonchev–Trinajstić information content (AvgIpc) is 3.58. The van der Waals surface area contributed by atoms with Crippen molar-refractivity contribution in [2.45, 2.75) is 82.7 Å². The van der Waals surface area contributed by atoms with Gasteiger partial charge in [0.1, 0.15) is 11.6 Å². The second-order valence-electron chi connectivity index (χ2n) is 12.3. The molecule has 2 saturated heterocycles. The topological polar surface area (TPSA) is 87.7 Å². The Morgan fingerprint density at radius 3 is 2.45 bits per heavy atom. The third-order valence-corrected chi connectivity index (χ3v) is 9.40. The third-order valence-electron chi connectivity index (χ3n) is 9.40. The Morgan fingerprint density at radius 2 is 1.75 bits per heavy atom. The molecule has 6 rings (SSSR count). The minimum absolute atomic E-state index is 0.0702. The summed E-state index contributed by atoms with van der Waals surface area (Å²) in [5.74, 6) is -1.37. The average molecular weight is 542 g/mol. The van der Waals surface area contributed by atoms with Crippen molar-refractivity contribution in [2.75, 3.05) is 5.32 Å². The van der Waals surface area contributed by atoms with E-state index in [2.05, 4.69) is 31.4 Å². The monoisotopic (exact) mass is 541 g/mol. The molecule has 4 aliphatic rings. The molecule has 40 heavy (non-hydrogen) atoms. The summed E-state index contributed by atoms with van der Waals surface area (Å²) in [6.45, 7) is 6.71. The predicted octanol–water partition coefficient (Wildman–Crippen LogP) is 4.79. The van der Waals surface area contributed by atoms with Gasteiger partial charge in [-0.25, -0.2) is 0 Å². The summed E-state index contributed by atoms with van der Waals surface area (Å²) in [6, 6.07) is 16.7. The number of carbonyl (C=O) groups is 3. The first-order valence-electron chi connectivity index (χ1n) is 14.7. The number of nitrogens with one attached hydrogen (secondary N) is 2. The highest BCUT2D eigenvalue weighted by Crippen LogP contribution is 2.55. The molecule has 2 bridgehead atoms. The molecule has 1 saturated carbocycles. The molecule has 2 N–H and O–H groups in total. The quantitative estimate of drug-likeness (QED) is 0.494. The maximum Gasteiger partial charge on any atom is 0.246 e.